The van der Waals surface area contributed by atoms with Crippen LogP contribution in [-0.2, 0) is 34.0 Å². The molecular formula is C33H38O8. The van der Waals surface area contributed by atoms with Gasteiger partial charge in [-0.1, -0.05) is 54.6 Å². The molecule has 8 heteroatoms. The Kier molecular flexibility index (Phi) is 7.34. The summed E-state index contributed by atoms with van der Waals surface area (Å²) in [5.74, 6) is -0.0648. The molecule has 41 heavy (non-hydrogen) atoms. The first kappa shape index (κ1) is 28.2. The molecule has 0 saturated carbocycles. The van der Waals surface area contributed by atoms with E-state index in [1.54, 1.807) is 14.2 Å². The molecule has 3 aliphatic heterocycles. The van der Waals surface area contributed by atoms with E-state index in [4.69, 9.17) is 37.9 Å². The van der Waals surface area contributed by atoms with Crippen LogP contribution in [-0.4, -0.2) is 63.1 Å². The summed E-state index contributed by atoms with van der Waals surface area (Å²) in [6.45, 7) is 7.94. The van der Waals surface area contributed by atoms with Crippen molar-refractivity contribution in [3.63, 3.8) is 0 Å². The highest BCUT2D eigenvalue weighted by atomic mass is 16.8. The maximum Gasteiger partial charge on any atom is 0.190 e. The van der Waals surface area contributed by atoms with Crippen LogP contribution in [0.25, 0.3) is 0 Å². The van der Waals surface area contributed by atoms with Gasteiger partial charge >= 0.3 is 0 Å². The molecule has 0 radical (unpaired) electrons. The van der Waals surface area contributed by atoms with Gasteiger partial charge in [0.05, 0.1) is 20.8 Å². The fourth-order valence-electron chi connectivity index (χ4n) is 6.05. The lowest BCUT2D eigenvalue weighted by molar-refractivity contribution is -0.242. The molecule has 0 bridgehead atoms. The molecule has 3 aromatic rings. The summed E-state index contributed by atoms with van der Waals surface area (Å²) in [5.41, 5.74) is 1.71. The second kappa shape index (κ2) is 10.7. The van der Waals surface area contributed by atoms with E-state index in [9.17, 15) is 0 Å². The van der Waals surface area contributed by atoms with Crippen molar-refractivity contribution in [2.75, 3.05) is 20.8 Å². The molecule has 3 heterocycles. The quantitative estimate of drug-likeness (QED) is 0.338. The number of benzene rings is 3. The molecule has 5 atom stereocenters. The van der Waals surface area contributed by atoms with Gasteiger partial charge in [-0.05, 0) is 68.7 Å². The van der Waals surface area contributed by atoms with Crippen LogP contribution in [0.2, 0.25) is 0 Å². The highest BCUT2D eigenvalue weighted by Gasteiger charge is 2.61. The number of rotatable bonds is 8. The van der Waals surface area contributed by atoms with Gasteiger partial charge in [0, 0.05) is 0 Å². The fourth-order valence-corrected chi connectivity index (χ4v) is 6.05. The summed E-state index contributed by atoms with van der Waals surface area (Å²) in [7, 11) is 3.31. The van der Waals surface area contributed by atoms with E-state index in [1.165, 1.54) is 0 Å². The Morgan fingerprint density at radius 3 is 1.73 bits per heavy atom. The molecule has 0 spiro atoms. The number of fused-ring (bicyclic) bond motifs is 1. The van der Waals surface area contributed by atoms with Gasteiger partial charge in [-0.15, -0.1) is 0 Å². The van der Waals surface area contributed by atoms with Crippen LogP contribution in [0.15, 0.2) is 78.9 Å². The summed E-state index contributed by atoms with van der Waals surface area (Å²) >= 11 is 0. The van der Waals surface area contributed by atoms with Crippen molar-refractivity contribution in [2.24, 2.45) is 0 Å². The van der Waals surface area contributed by atoms with Crippen LogP contribution in [0, 0.1) is 0 Å². The number of hydrogen-bond donors (Lipinski definition) is 0. The summed E-state index contributed by atoms with van der Waals surface area (Å²) in [5, 5.41) is 0. The maximum atomic E-state index is 7.46. The predicted molar refractivity (Wildman–Crippen MR) is 151 cm³/mol. The largest absolute Gasteiger partial charge is 0.497 e. The van der Waals surface area contributed by atoms with Gasteiger partial charge in [0.15, 0.2) is 17.9 Å². The van der Waals surface area contributed by atoms with Crippen LogP contribution < -0.4 is 9.47 Å². The van der Waals surface area contributed by atoms with Gasteiger partial charge in [-0.2, -0.15) is 0 Å². The molecule has 3 aromatic carbocycles. The number of ether oxygens (including phenoxy) is 8. The van der Waals surface area contributed by atoms with Crippen LogP contribution in [0.1, 0.15) is 44.4 Å². The molecule has 0 amide bonds. The van der Waals surface area contributed by atoms with E-state index in [1.807, 2.05) is 94.4 Å². The lowest BCUT2D eigenvalue weighted by Crippen LogP contribution is -2.49. The van der Waals surface area contributed by atoms with Crippen molar-refractivity contribution in [3.05, 3.63) is 95.6 Å². The van der Waals surface area contributed by atoms with Gasteiger partial charge in [0.25, 0.3) is 0 Å². The molecule has 0 unspecified atom stereocenters. The third kappa shape index (κ3) is 5.25. The molecule has 0 aliphatic carbocycles. The van der Waals surface area contributed by atoms with E-state index in [0.29, 0.717) is 6.61 Å². The van der Waals surface area contributed by atoms with Gasteiger partial charge < -0.3 is 37.9 Å². The minimum Gasteiger partial charge on any atom is -0.497 e. The van der Waals surface area contributed by atoms with Crippen molar-refractivity contribution in [1.29, 1.82) is 0 Å². The van der Waals surface area contributed by atoms with E-state index in [-0.39, 0.29) is 6.10 Å². The van der Waals surface area contributed by atoms with Gasteiger partial charge in [0.2, 0.25) is 0 Å². The molecule has 218 valence electrons. The lowest BCUT2D eigenvalue weighted by atomic mass is 9.79. The number of methoxy groups -OCH3 is 2. The van der Waals surface area contributed by atoms with Crippen molar-refractivity contribution in [3.8, 4) is 11.5 Å². The highest BCUT2D eigenvalue weighted by Crippen LogP contribution is 2.48. The Morgan fingerprint density at radius 2 is 1.22 bits per heavy atom. The van der Waals surface area contributed by atoms with Crippen molar-refractivity contribution in [1.82, 2.24) is 0 Å². The molecule has 8 nitrogen and oxygen atoms in total. The van der Waals surface area contributed by atoms with E-state index >= 15 is 0 Å². The summed E-state index contributed by atoms with van der Waals surface area (Å²) in [6.07, 6.45) is -2.58. The smallest absolute Gasteiger partial charge is 0.190 e. The van der Waals surface area contributed by atoms with E-state index in [0.717, 1.165) is 28.2 Å². The Morgan fingerprint density at radius 1 is 0.659 bits per heavy atom. The molecule has 3 fully saturated rings. The number of hydrogen-bond acceptors (Lipinski definition) is 8. The Labute approximate surface area is 241 Å². The summed E-state index contributed by atoms with van der Waals surface area (Å²) in [6, 6.07) is 26.1. The summed E-state index contributed by atoms with van der Waals surface area (Å²) in [4.78, 5) is 0. The fraction of sp³-hybridized carbons (Fsp3) is 0.455. The molecular weight excluding hydrogens is 524 g/mol. The van der Waals surface area contributed by atoms with Crippen LogP contribution in [0.4, 0.5) is 0 Å². The van der Waals surface area contributed by atoms with Gasteiger partial charge in [-0.25, -0.2) is 0 Å². The standard InChI is InChI=1S/C33H38O8/c1-31(2)36-20-26(38-31)27-28(29-30(37-27)41-32(3,4)39-29)40-33(21-10-8-7-9-11-21,22-12-16-24(34-5)17-13-22)23-14-18-25(35-6)19-15-23/h7-19,26-30H,20H2,1-6H3/t26-,27-,28-,29-,30-/m1/s1. The zero-order valence-electron chi connectivity index (χ0n) is 24.4. The minimum atomic E-state index is -1.06. The van der Waals surface area contributed by atoms with E-state index < -0.39 is 41.8 Å². The Balaban J connectivity index is 1.52. The van der Waals surface area contributed by atoms with Gasteiger partial charge in [-0.3, -0.25) is 0 Å². The topological polar surface area (TPSA) is 73.8 Å². The maximum absolute atomic E-state index is 7.46. The lowest BCUT2D eigenvalue weighted by Gasteiger charge is -2.41. The average Bonchev–Trinajstić information content (AvgIpc) is 3.60. The Bertz CT molecular complexity index is 1270. The first-order chi connectivity index (χ1) is 19.6. The molecule has 0 N–H and O–H groups in total. The molecule has 6 rings (SSSR count). The first-order valence-electron chi connectivity index (χ1n) is 14.0. The summed E-state index contributed by atoms with van der Waals surface area (Å²) < 4.78 is 49.8. The van der Waals surface area contributed by atoms with E-state index in [2.05, 4.69) is 12.1 Å². The second-order valence-electron chi connectivity index (χ2n) is 11.5. The third-order valence-corrected chi connectivity index (χ3v) is 7.91. The van der Waals surface area contributed by atoms with Crippen LogP contribution >= 0.6 is 0 Å². The first-order valence-corrected chi connectivity index (χ1v) is 14.0. The van der Waals surface area contributed by atoms with Crippen LogP contribution in [0.5, 0.6) is 11.5 Å². The Hall–Kier alpha value is -2.98. The van der Waals surface area contributed by atoms with Gasteiger partial charge in [0.1, 0.15) is 41.5 Å². The van der Waals surface area contributed by atoms with Crippen molar-refractivity contribution < 1.29 is 37.9 Å². The zero-order valence-corrected chi connectivity index (χ0v) is 24.4. The normalized spacial score (nSPS) is 28.4. The molecule has 3 aliphatic rings. The molecule has 0 aromatic heterocycles. The third-order valence-electron chi connectivity index (χ3n) is 7.91. The molecule has 3 saturated heterocycles. The second-order valence-corrected chi connectivity index (χ2v) is 11.5. The highest BCUT2D eigenvalue weighted by molar-refractivity contribution is 5.50. The predicted octanol–water partition coefficient (Wildman–Crippen LogP) is 5.41. The zero-order chi connectivity index (χ0) is 28.8. The SMILES string of the molecule is COc1ccc(C(O[C@H]2[C@H]3OC(C)(C)O[C@H]3O[C@@H]2[C@H]2COC(C)(C)O2)(c2ccccc2)c2ccc(OC)cc2)cc1. The van der Waals surface area contributed by atoms with Crippen molar-refractivity contribution in [2.45, 2.75) is 75.6 Å². The van der Waals surface area contributed by atoms with Crippen LogP contribution in [0.3, 0.4) is 0 Å². The average molecular weight is 563 g/mol. The van der Waals surface area contributed by atoms with Crippen molar-refractivity contribution >= 4 is 0 Å². The minimum absolute atomic E-state index is 0.365. The monoisotopic (exact) mass is 562 g/mol.